The highest BCUT2D eigenvalue weighted by atomic mass is 19.4. The molecule has 39 heavy (non-hydrogen) atoms. The molecule has 2 atom stereocenters. The van der Waals surface area contributed by atoms with Crippen molar-refractivity contribution in [2.24, 2.45) is 0 Å². The monoisotopic (exact) mass is 559 g/mol. The number of carbonyl (C=O) groups is 3. The standard InChI is InChI=1S/C23H19F6N5O5/c1-21(23(27,28)29)19(37)33(17-10-31-15(9-32-17)16-11-39-5-4-30-16)20(38)34(21)18(36)3-2-12-6-13(22(24,25)26)8-14(35)7-12/h2-3,6-10,16,30,35H,4-5,11H2,1H3/b3-2+. The maximum Gasteiger partial charge on any atom is 0.421 e. The number of carbonyl (C=O) groups excluding carboxylic acids is 3. The third kappa shape index (κ3) is 5.16. The number of ether oxygens (including phenoxy) is 1. The average molecular weight is 559 g/mol. The molecule has 1 aromatic heterocycles. The summed E-state index contributed by atoms with van der Waals surface area (Å²) in [6.45, 7) is 1.52. The van der Waals surface area contributed by atoms with Gasteiger partial charge in [0.2, 0.25) is 5.54 Å². The van der Waals surface area contributed by atoms with Crippen LogP contribution in [-0.2, 0) is 20.5 Å². The first-order chi connectivity index (χ1) is 18.1. The Hall–Kier alpha value is -4.05. The van der Waals surface area contributed by atoms with Gasteiger partial charge in [0, 0.05) is 12.6 Å². The minimum absolute atomic E-state index is 0.0525. The second kappa shape index (κ2) is 9.92. The van der Waals surface area contributed by atoms with E-state index in [4.69, 9.17) is 4.74 Å². The van der Waals surface area contributed by atoms with E-state index in [1.807, 2.05) is 0 Å². The molecule has 2 saturated heterocycles. The number of nitrogens with zero attached hydrogens (tertiary/aromatic N) is 4. The Morgan fingerprint density at radius 2 is 1.87 bits per heavy atom. The van der Waals surface area contributed by atoms with E-state index in [0.717, 1.165) is 18.5 Å². The largest absolute Gasteiger partial charge is 0.508 e. The first-order valence-corrected chi connectivity index (χ1v) is 11.2. The third-order valence-corrected chi connectivity index (χ3v) is 6.07. The molecule has 1 aromatic carbocycles. The van der Waals surface area contributed by atoms with E-state index in [1.54, 1.807) is 0 Å². The lowest BCUT2D eigenvalue weighted by molar-refractivity contribution is -0.209. The van der Waals surface area contributed by atoms with Crippen LogP contribution in [0.3, 0.4) is 0 Å². The lowest BCUT2D eigenvalue weighted by Gasteiger charge is -2.31. The number of halogens is 6. The van der Waals surface area contributed by atoms with Gasteiger partial charge in [0.05, 0.1) is 42.9 Å². The molecule has 3 heterocycles. The zero-order valence-electron chi connectivity index (χ0n) is 19.9. The Morgan fingerprint density at radius 1 is 1.15 bits per heavy atom. The Kier molecular flexibility index (Phi) is 7.12. The zero-order chi connectivity index (χ0) is 28.8. The van der Waals surface area contributed by atoms with Crippen molar-refractivity contribution >= 4 is 29.7 Å². The molecule has 2 aromatic rings. The predicted molar refractivity (Wildman–Crippen MR) is 120 cm³/mol. The summed E-state index contributed by atoms with van der Waals surface area (Å²) in [5, 5.41) is 12.6. The topological polar surface area (TPSA) is 125 Å². The van der Waals surface area contributed by atoms with E-state index in [9.17, 15) is 45.8 Å². The Morgan fingerprint density at radius 3 is 2.44 bits per heavy atom. The molecule has 2 aliphatic heterocycles. The number of rotatable bonds is 4. The van der Waals surface area contributed by atoms with Crippen LogP contribution < -0.4 is 10.2 Å². The molecule has 0 radical (unpaired) electrons. The predicted octanol–water partition coefficient (Wildman–Crippen LogP) is 3.19. The van der Waals surface area contributed by atoms with Crippen LogP contribution >= 0.6 is 0 Å². The molecule has 2 N–H and O–H groups in total. The number of amides is 4. The van der Waals surface area contributed by atoms with E-state index < -0.39 is 58.4 Å². The van der Waals surface area contributed by atoms with Crippen LogP contribution in [0, 0.1) is 0 Å². The number of aromatic nitrogens is 2. The summed E-state index contributed by atoms with van der Waals surface area (Å²) in [4.78, 5) is 46.5. The maximum absolute atomic E-state index is 14.1. The quantitative estimate of drug-likeness (QED) is 0.333. The summed E-state index contributed by atoms with van der Waals surface area (Å²) in [5.74, 6) is -4.89. The van der Waals surface area contributed by atoms with Crippen LogP contribution in [0.4, 0.5) is 37.0 Å². The van der Waals surface area contributed by atoms with Gasteiger partial charge in [-0.25, -0.2) is 19.6 Å². The lowest BCUT2D eigenvalue weighted by atomic mass is 9.99. The van der Waals surface area contributed by atoms with E-state index in [-0.39, 0.29) is 22.4 Å². The Balaban J connectivity index is 1.66. The summed E-state index contributed by atoms with van der Waals surface area (Å²) in [6, 6.07) is -0.329. The summed E-state index contributed by atoms with van der Waals surface area (Å²) >= 11 is 0. The van der Waals surface area contributed by atoms with E-state index in [2.05, 4.69) is 15.3 Å². The minimum Gasteiger partial charge on any atom is -0.508 e. The fraction of sp³-hybridized carbons (Fsp3) is 0.348. The van der Waals surface area contributed by atoms with Crippen LogP contribution in [0.1, 0.15) is 29.8 Å². The van der Waals surface area contributed by atoms with Gasteiger partial charge in [-0.3, -0.25) is 14.6 Å². The molecule has 2 unspecified atom stereocenters. The van der Waals surface area contributed by atoms with Gasteiger partial charge in [0.15, 0.2) is 5.82 Å². The number of hydrogen-bond acceptors (Lipinski definition) is 8. The molecule has 10 nitrogen and oxygen atoms in total. The molecule has 0 bridgehead atoms. The molecule has 0 saturated carbocycles. The number of hydrogen-bond donors (Lipinski definition) is 2. The van der Waals surface area contributed by atoms with Gasteiger partial charge >= 0.3 is 18.4 Å². The van der Waals surface area contributed by atoms with Crippen LogP contribution in [0.15, 0.2) is 36.7 Å². The number of anilines is 1. The number of phenolic OH excluding ortho intramolecular Hbond substituents is 1. The number of urea groups is 1. The van der Waals surface area contributed by atoms with Crippen molar-refractivity contribution in [3.8, 4) is 5.75 Å². The van der Waals surface area contributed by atoms with Crippen LogP contribution in [0.5, 0.6) is 5.75 Å². The first-order valence-electron chi connectivity index (χ1n) is 11.2. The highest BCUT2D eigenvalue weighted by molar-refractivity contribution is 6.28. The second-order valence-corrected chi connectivity index (χ2v) is 8.69. The molecule has 2 fully saturated rings. The molecule has 4 amide bonds. The van der Waals surface area contributed by atoms with Gasteiger partial charge in [0.25, 0.3) is 11.8 Å². The average Bonchev–Trinajstić information content (AvgIpc) is 3.08. The van der Waals surface area contributed by atoms with Crippen molar-refractivity contribution in [2.75, 3.05) is 24.7 Å². The van der Waals surface area contributed by atoms with Crippen molar-refractivity contribution in [2.45, 2.75) is 30.9 Å². The van der Waals surface area contributed by atoms with Crippen molar-refractivity contribution < 1.29 is 50.6 Å². The summed E-state index contributed by atoms with van der Waals surface area (Å²) in [6.07, 6.45) is -7.22. The van der Waals surface area contributed by atoms with Gasteiger partial charge in [-0.15, -0.1) is 0 Å². The normalized spacial score (nSPS) is 22.7. The summed E-state index contributed by atoms with van der Waals surface area (Å²) in [5.41, 5.74) is -5.02. The van der Waals surface area contributed by atoms with Crippen molar-refractivity contribution in [3.63, 3.8) is 0 Å². The van der Waals surface area contributed by atoms with Gasteiger partial charge in [-0.05, 0) is 36.8 Å². The molecule has 0 aliphatic carbocycles. The van der Waals surface area contributed by atoms with Crippen LogP contribution in [-0.4, -0.2) is 69.3 Å². The smallest absolute Gasteiger partial charge is 0.421 e. The van der Waals surface area contributed by atoms with E-state index >= 15 is 0 Å². The number of imide groups is 2. The number of benzene rings is 1. The van der Waals surface area contributed by atoms with Gasteiger partial charge in [-0.2, -0.15) is 26.3 Å². The molecule has 16 heteroatoms. The summed E-state index contributed by atoms with van der Waals surface area (Å²) < 4.78 is 86.8. The number of nitrogens with one attached hydrogen (secondary N) is 1. The highest BCUT2D eigenvalue weighted by Crippen LogP contribution is 2.43. The number of phenols is 1. The van der Waals surface area contributed by atoms with Crippen molar-refractivity contribution in [1.29, 1.82) is 0 Å². The highest BCUT2D eigenvalue weighted by Gasteiger charge is 2.71. The van der Waals surface area contributed by atoms with Crippen LogP contribution in [0.2, 0.25) is 0 Å². The lowest BCUT2D eigenvalue weighted by Crippen LogP contribution is -2.59. The summed E-state index contributed by atoms with van der Waals surface area (Å²) in [7, 11) is 0. The van der Waals surface area contributed by atoms with Crippen molar-refractivity contribution in [1.82, 2.24) is 20.2 Å². The third-order valence-electron chi connectivity index (χ3n) is 6.07. The van der Waals surface area contributed by atoms with E-state index in [0.29, 0.717) is 50.1 Å². The zero-order valence-corrected chi connectivity index (χ0v) is 19.9. The molecule has 2 aliphatic rings. The SMILES string of the molecule is CC1(C(F)(F)F)C(=O)N(c2cnc(C3COCCN3)cn2)C(=O)N1C(=O)/C=C/c1cc(O)cc(C(F)(F)F)c1. The van der Waals surface area contributed by atoms with E-state index in [1.165, 1.54) is 0 Å². The second-order valence-electron chi connectivity index (χ2n) is 8.69. The molecule has 0 spiro atoms. The minimum atomic E-state index is -5.44. The fourth-order valence-electron chi connectivity index (χ4n) is 3.97. The molecular formula is C23H19F6N5O5. The van der Waals surface area contributed by atoms with Crippen LogP contribution in [0.25, 0.3) is 6.08 Å². The van der Waals surface area contributed by atoms with Gasteiger partial charge in [-0.1, -0.05) is 0 Å². The molecule has 4 rings (SSSR count). The maximum atomic E-state index is 14.1. The van der Waals surface area contributed by atoms with Gasteiger partial charge in [0.1, 0.15) is 5.75 Å². The first kappa shape index (κ1) is 28.0. The number of alkyl halides is 6. The number of morpholine rings is 1. The Labute approximate surface area is 215 Å². The van der Waals surface area contributed by atoms with Crippen molar-refractivity contribution in [3.05, 3.63) is 53.5 Å². The Bertz CT molecular complexity index is 1320. The fourth-order valence-corrected chi connectivity index (χ4v) is 3.97. The van der Waals surface area contributed by atoms with Gasteiger partial charge < -0.3 is 15.2 Å². The number of aromatic hydroxyl groups is 1. The molecular weight excluding hydrogens is 540 g/mol. The molecule has 208 valence electrons.